The Labute approximate surface area is 113 Å². The molecule has 0 radical (unpaired) electrons. The maximum atomic E-state index is 12.4. The fourth-order valence-electron chi connectivity index (χ4n) is 2.42. The third kappa shape index (κ3) is 3.47. The van der Waals surface area contributed by atoms with E-state index in [-0.39, 0.29) is 30.0 Å². The third-order valence-corrected chi connectivity index (χ3v) is 5.15. The number of amides is 1. The summed E-state index contributed by atoms with van der Waals surface area (Å²) in [6.07, 6.45) is 5.17. The lowest BCUT2D eigenvalue weighted by atomic mass is 10.1. The van der Waals surface area contributed by atoms with Crippen LogP contribution in [0.15, 0.2) is 0 Å². The third-order valence-electron chi connectivity index (χ3n) is 3.40. The SMILES string of the molecule is C#CCN(C(=O)C1CNCCO1)C1CCS(=O)(=O)C1. The summed E-state index contributed by atoms with van der Waals surface area (Å²) in [5.41, 5.74) is 0. The zero-order valence-corrected chi connectivity index (χ0v) is 11.5. The molecule has 2 heterocycles. The average Bonchev–Trinajstić information content (AvgIpc) is 2.76. The van der Waals surface area contributed by atoms with Gasteiger partial charge in [-0.1, -0.05) is 5.92 Å². The number of rotatable bonds is 3. The quantitative estimate of drug-likeness (QED) is 0.648. The molecule has 2 rings (SSSR count). The Morgan fingerprint density at radius 1 is 1.53 bits per heavy atom. The summed E-state index contributed by atoms with van der Waals surface area (Å²) < 4.78 is 28.4. The van der Waals surface area contributed by atoms with Crippen LogP contribution in [0.2, 0.25) is 0 Å². The zero-order valence-electron chi connectivity index (χ0n) is 10.7. The first-order valence-corrected chi connectivity index (χ1v) is 8.12. The van der Waals surface area contributed by atoms with E-state index in [1.165, 1.54) is 4.90 Å². The lowest BCUT2D eigenvalue weighted by molar-refractivity contribution is -0.146. The Morgan fingerprint density at radius 2 is 2.32 bits per heavy atom. The number of hydrogen-bond donors (Lipinski definition) is 1. The number of ether oxygens (including phenoxy) is 1. The van der Waals surface area contributed by atoms with Gasteiger partial charge in [-0.2, -0.15) is 0 Å². The number of nitrogens with one attached hydrogen (secondary N) is 1. The van der Waals surface area contributed by atoms with Crippen LogP contribution in [-0.4, -0.2) is 69.1 Å². The van der Waals surface area contributed by atoms with Gasteiger partial charge < -0.3 is 15.0 Å². The van der Waals surface area contributed by atoms with Gasteiger partial charge in [0.2, 0.25) is 0 Å². The molecule has 7 heteroatoms. The minimum Gasteiger partial charge on any atom is -0.366 e. The lowest BCUT2D eigenvalue weighted by Crippen LogP contribution is -2.52. The molecule has 2 saturated heterocycles. The van der Waals surface area contributed by atoms with Gasteiger partial charge in [-0.25, -0.2) is 8.42 Å². The van der Waals surface area contributed by atoms with Crippen molar-refractivity contribution in [3.8, 4) is 12.3 Å². The molecule has 2 atom stereocenters. The molecule has 0 saturated carbocycles. The van der Waals surface area contributed by atoms with E-state index in [1.807, 2.05) is 0 Å². The lowest BCUT2D eigenvalue weighted by Gasteiger charge is -2.32. The first-order chi connectivity index (χ1) is 9.03. The number of hydrogen-bond acceptors (Lipinski definition) is 5. The van der Waals surface area contributed by atoms with Gasteiger partial charge in [0.1, 0.15) is 6.10 Å². The van der Waals surface area contributed by atoms with Crippen molar-refractivity contribution in [1.29, 1.82) is 0 Å². The summed E-state index contributed by atoms with van der Waals surface area (Å²) in [5.74, 6) is 2.33. The standard InChI is InChI=1S/C12H18N2O4S/c1-2-5-14(10-3-7-19(16,17)9-10)12(15)11-8-13-4-6-18-11/h1,10-11,13H,3-9H2. The van der Waals surface area contributed by atoms with Crippen LogP contribution in [-0.2, 0) is 19.4 Å². The van der Waals surface area contributed by atoms with Crippen LogP contribution in [0.3, 0.4) is 0 Å². The fraction of sp³-hybridized carbons (Fsp3) is 0.750. The van der Waals surface area contributed by atoms with Crippen LogP contribution < -0.4 is 5.32 Å². The van der Waals surface area contributed by atoms with E-state index < -0.39 is 15.9 Å². The van der Waals surface area contributed by atoms with Gasteiger partial charge in [0.15, 0.2) is 9.84 Å². The zero-order chi connectivity index (χ0) is 13.9. The number of terminal acetylenes is 1. The molecule has 19 heavy (non-hydrogen) atoms. The highest BCUT2D eigenvalue weighted by molar-refractivity contribution is 7.91. The van der Waals surface area contributed by atoms with Crippen LogP contribution in [0.1, 0.15) is 6.42 Å². The number of carbonyl (C=O) groups is 1. The Hall–Kier alpha value is -1.10. The highest BCUT2D eigenvalue weighted by atomic mass is 32.2. The minimum atomic E-state index is -3.04. The molecule has 0 bridgehead atoms. The van der Waals surface area contributed by atoms with Crippen molar-refractivity contribution in [1.82, 2.24) is 10.2 Å². The Balaban J connectivity index is 2.07. The first kappa shape index (κ1) is 14.3. The van der Waals surface area contributed by atoms with Crippen LogP contribution >= 0.6 is 0 Å². The summed E-state index contributed by atoms with van der Waals surface area (Å²) in [5, 5.41) is 3.08. The predicted molar refractivity (Wildman–Crippen MR) is 70.2 cm³/mol. The molecule has 0 aromatic carbocycles. The Morgan fingerprint density at radius 3 is 2.84 bits per heavy atom. The van der Waals surface area contributed by atoms with Crippen molar-refractivity contribution in [2.45, 2.75) is 18.6 Å². The second-order valence-corrected chi connectivity index (χ2v) is 7.02. The molecule has 2 unspecified atom stereocenters. The van der Waals surface area contributed by atoms with Crippen molar-refractivity contribution in [3.05, 3.63) is 0 Å². The van der Waals surface area contributed by atoms with E-state index in [0.29, 0.717) is 19.6 Å². The topological polar surface area (TPSA) is 75.7 Å². The predicted octanol–water partition coefficient (Wildman–Crippen LogP) is -1.38. The van der Waals surface area contributed by atoms with Crippen molar-refractivity contribution in [3.63, 3.8) is 0 Å². The summed E-state index contributed by atoms with van der Waals surface area (Å²) in [6, 6.07) is -0.320. The minimum absolute atomic E-state index is 0.000564. The molecular formula is C12H18N2O4S. The molecule has 0 aromatic heterocycles. The van der Waals surface area contributed by atoms with E-state index in [0.717, 1.165) is 6.54 Å². The maximum absolute atomic E-state index is 12.4. The first-order valence-electron chi connectivity index (χ1n) is 6.30. The number of carbonyl (C=O) groups excluding carboxylic acids is 1. The molecule has 0 aromatic rings. The molecule has 2 aliphatic rings. The van der Waals surface area contributed by atoms with Crippen LogP contribution in [0.4, 0.5) is 0 Å². The van der Waals surface area contributed by atoms with Crippen molar-refractivity contribution in [2.24, 2.45) is 0 Å². The van der Waals surface area contributed by atoms with Gasteiger partial charge in [0.25, 0.3) is 5.91 Å². The Bertz CT molecular complexity index is 476. The molecule has 2 fully saturated rings. The van der Waals surface area contributed by atoms with E-state index in [4.69, 9.17) is 11.2 Å². The molecule has 1 N–H and O–H groups in total. The Kier molecular flexibility index (Phi) is 4.45. The molecule has 106 valence electrons. The molecule has 1 amide bonds. The van der Waals surface area contributed by atoms with Gasteiger partial charge in [-0.15, -0.1) is 6.42 Å². The second-order valence-electron chi connectivity index (χ2n) is 4.79. The maximum Gasteiger partial charge on any atom is 0.254 e. The van der Waals surface area contributed by atoms with E-state index >= 15 is 0 Å². The molecule has 2 aliphatic heterocycles. The summed E-state index contributed by atoms with van der Waals surface area (Å²) in [7, 11) is -3.04. The fourth-order valence-corrected chi connectivity index (χ4v) is 4.15. The van der Waals surface area contributed by atoms with E-state index in [1.54, 1.807) is 0 Å². The van der Waals surface area contributed by atoms with E-state index in [2.05, 4.69) is 11.2 Å². The molecular weight excluding hydrogens is 268 g/mol. The normalized spacial score (nSPS) is 29.6. The second kappa shape index (κ2) is 5.90. The number of morpholine rings is 1. The summed E-state index contributed by atoms with van der Waals surface area (Å²) >= 11 is 0. The highest BCUT2D eigenvalue weighted by Crippen LogP contribution is 2.19. The monoisotopic (exact) mass is 286 g/mol. The van der Waals surface area contributed by atoms with Crippen LogP contribution in [0.5, 0.6) is 0 Å². The highest BCUT2D eigenvalue weighted by Gasteiger charge is 2.37. The molecule has 0 aliphatic carbocycles. The van der Waals surface area contributed by atoms with Crippen LogP contribution in [0.25, 0.3) is 0 Å². The smallest absolute Gasteiger partial charge is 0.254 e. The van der Waals surface area contributed by atoms with Gasteiger partial charge in [0, 0.05) is 19.1 Å². The largest absolute Gasteiger partial charge is 0.366 e. The van der Waals surface area contributed by atoms with Crippen LogP contribution in [0, 0.1) is 12.3 Å². The van der Waals surface area contributed by atoms with Gasteiger partial charge >= 0.3 is 0 Å². The van der Waals surface area contributed by atoms with Crippen molar-refractivity contribution >= 4 is 15.7 Å². The summed E-state index contributed by atoms with van der Waals surface area (Å²) in [6.45, 7) is 1.76. The van der Waals surface area contributed by atoms with Crippen molar-refractivity contribution in [2.75, 3.05) is 37.7 Å². The van der Waals surface area contributed by atoms with Gasteiger partial charge in [-0.3, -0.25) is 4.79 Å². The number of sulfone groups is 1. The van der Waals surface area contributed by atoms with Crippen molar-refractivity contribution < 1.29 is 17.9 Å². The molecule has 0 spiro atoms. The van der Waals surface area contributed by atoms with E-state index in [9.17, 15) is 13.2 Å². The van der Waals surface area contributed by atoms with Gasteiger partial charge in [0.05, 0.1) is 24.7 Å². The summed E-state index contributed by atoms with van der Waals surface area (Å²) in [4.78, 5) is 13.8. The molecule has 6 nitrogen and oxygen atoms in total. The van der Waals surface area contributed by atoms with Gasteiger partial charge in [-0.05, 0) is 6.42 Å². The average molecular weight is 286 g/mol. The number of nitrogens with zero attached hydrogens (tertiary/aromatic N) is 1.